The van der Waals surface area contributed by atoms with Crippen molar-refractivity contribution in [3.05, 3.63) is 114 Å². The fourth-order valence-corrected chi connectivity index (χ4v) is 6.24. The van der Waals surface area contributed by atoms with Crippen LogP contribution in [0.4, 0.5) is 9.52 Å². The van der Waals surface area contributed by atoms with Gasteiger partial charge in [-0.05, 0) is 60.5 Å². The van der Waals surface area contributed by atoms with Crippen LogP contribution in [0, 0.1) is 5.82 Å². The molecule has 4 aromatic rings. The number of benzene rings is 3. The number of carbonyl (C=O) groups excluding carboxylic acids is 2. The number of ether oxygens (including phenoxy) is 2. The molecule has 8 nitrogen and oxygen atoms in total. The highest BCUT2D eigenvalue weighted by Gasteiger charge is 2.48. The van der Waals surface area contributed by atoms with Gasteiger partial charge in [-0.2, -0.15) is 0 Å². The lowest BCUT2D eigenvalue weighted by Crippen LogP contribution is -2.29. The number of carbonyl (C=O) groups is 2. The van der Waals surface area contributed by atoms with E-state index in [-0.39, 0.29) is 22.3 Å². The van der Waals surface area contributed by atoms with Crippen molar-refractivity contribution in [2.45, 2.75) is 23.1 Å². The van der Waals surface area contributed by atoms with Crippen LogP contribution < -0.4 is 14.4 Å². The van der Waals surface area contributed by atoms with Crippen LogP contribution >= 0.6 is 23.1 Å². The number of hydrogen-bond donors (Lipinski definition) is 1. The predicted molar refractivity (Wildman–Crippen MR) is 160 cm³/mol. The zero-order valence-corrected chi connectivity index (χ0v) is 24.2. The number of ketones is 1. The second-order valence-corrected chi connectivity index (χ2v) is 11.2. The molecule has 2 heterocycles. The lowest BCUT2D eigenvalue weighted by atomic mass is 9.95. The Labute approximate surface area is 250 Å². The van der Waals surface area contributed by atoms with Gasteiger partial charge in [-0.3, -0.25) is 14.5 Å². The summed E-state index contributed by atoms with van der Waals surface area (Å²) in [5, 5.41) is 19.9. The number of aliphatic hydroxyl groups excluding tert-OH is 1. The minimum absolute atomic E-state index is 0.0836. The van der Waals surface area contributed by atoms with E-state index in [0.717, 1.165) is 11.3 Å². The molecule has 3 aromatic carbocycles. The summed E-state index contributed by atoms with van der Waals surface area (Å²) in [4.78, 5) is 28.2. The third-order valence-electron chi connectivity index (χ3n) is 6.36. The molecule has 5 rings (SSSR count). The summed E-state index contributed by atoms with van der Waals surface area (Å²) >= 11 is 2.37. The second kappa shape index (κ2) is 13.0. The van der Waals surface area contributed by atoms with E-state index in [1.54, 1.807) is 72.8 Å². The molecule has 1 fully saturated rings. The molecule has 0 bridgehead atoms. The maximum Gasteiger partial charge on any atom is 0.301 e. The molecule has 1 amide bonds. The molecule has 0 spiro atoms. The van der Waals surface area contributed by atoms with Gasteiger partial charge in [0.1, 0.15) is 29.7 Å². The Bertz CT molecular complexity index is 1640. The number of aliphatic hydroxyl groups is 1. The van der Waals surface area contributed by atoms with Crippen molar-refractivity contribution in [1.29, 1.82) is 0 Å². The summed E-state index contributed by atoms with van der Waals surface area (Å²) in [6.45, 7) is 6.30. The van der Waals surface area contributed by atoms with Crippen LogP contribution in [-0.2, 0) is 15.3 Å². The van der Waals surface area contributed by atoms with Crippen LogP contribution in [0.3, 0.4) is 0 Å². The molecular formula is C31H26FN3O5S2. The van der Waals surface area contributed by atoms with Gasteiger partial charge in [0.05, 0.1) is 18.2 Å². The Balaban J connectivity index is 1.52. The number of rotatable bonds is 11. The molecule has 214 valence electrons. The van der Waals surface area contributed by atoms with Gasteiger partial charge in [-0.15, -0.1) is 10.2 Å². The van der Waals surface area contributed by atoms with Crippen molar-refractivity contribution >= 4 is 45.7 Å². The summed E-state index contributed by atoms with van der Waals surface area (Å²) in [5.74, 6) is -0.853. The van der Waals surface area contributed by atoms with E-state index in [9.17, 15) is 19.1 Å². The van der Waals surface area contributed by atoms with E-state index in [1.165, 1.54) is 22.7 Å². The second-order valence-electron chi connectivity index (χ2n) is 9.03. The average Bonchev–Trinajstić information content (AvgIpc) is 3.58. The summed E-state index contributed by atoms with van der Waals surface area (Å²) < 4.78 is 25.7. The highest BCUT2D eigenvalue weighted by molar-refractivity contribution is 8.00. The van der Waals surface area contributed by atoms with E-state index in [0.29, 0.717) is 51.5 Å². The maximum atomic E-state index is 14.1. The largest absolute Gasteiger partial charge is 0.507 e. The van der Waals surface area contributed by atoms with Gasteiger partial charge in [-0.25, -0.2) is 4.39 Å². The number of hydrogen-bond acceptors (Lipinski definition) is 9. The van der Waals surface area contributed by atoms with E-state index in [2.05, 4.69) is 16.8 Å². The van der Waals surface area contributed by atoms with Crippen LogP contribution in [0.15, 0.2) is 95.4 Å². The molecule has 11 heteroatoms. The summed E-state index contributed by atoms with van der Waals surface area (Å²) in [7, 11) is 0. The summed E-state index contributed by atoms with van der Waals surface area (Å²) in [6.07, 6.45) is 1.62. The predicted octanol–water partition coefficient (Wildman–Crippen LogP) is 6.56. The molecular weight excluding hydrogens is 577 g/mol. The first-order chi connectivity index (χ1) is 20.4. The number of Topliss-reactive ketones (excluding diaryl/α,β-unsaturated/α-hetero) is 1. The number of anilines is 1. The summed E-state index contributed by atoms with van der Waals surface area (Å²) in [6, 6.07) is 18.9. The molecule has 1 unspecified atom stereocenters. The van der Waals surface area contributed by atoms with Crippen molar-refractivity contribution < 1.29 is 28.6 Å². The van der Waals surface area contributed by atoms with Gasteiger partial charge in [-0.1, -0.05) is 66.1 Å². The molecule has 1 saturated heterocycles. The van der Waals surface area contributed by atoms with Gasteiger partial charge in [0.2, 0.25) is 5.13 Å². The number of aromatic nitrogens is 2. The molecule has 0 aliphatic carbocycles. The van der Waals surface area contributed by atoms with Crippen molar-refractivity contribution in [3.63, 3.8) is 0 Å². The summed E-state index contributed by atoms with van der Waals surface area (Å²) in [5.41, 5.74) is 1.34. The maximum absolute atomic E-state index is 14.1. The van der Waals surface area contributed by atoms with Gasteiger partial charge in [0.15, 0.2) is 4.34 Å². The van der Waals surface area contributed by atoms with E-state index >= 15 is 0 Å². The molecule has 0 saturated carbocycles. The zero-order valence-electron chi connectivity index (χ0n) is 22.5. The van der Waals surface area contributed by atoms with Crippen LogP contribution in [0.1, 0.15) is 29.7 Å². The minimum Gasteiger partial charge on any atom is -0.507 e. The van der Waals surface area contributed by atoms with Crippen molar-refractivity contribution in [2.75, 3.05) is 18.1 Å². The van der Waals surface area contributed by atoms with Crippen LogP contribution in [0.25, 0.3) is 5.76 Å². The molecule has 1 atom stereocenters. The highest BCUT2D eigenvalue weighted by Crippen LogP contribution is 2.44. The lowest BCUT2D eigenvalue weighted by Gasteiger charge is -2.22. The Morgan fingerprint density at radius 1 is 1.05 bits per heavy atom. The van der Waals surface area contributed by atoms with Crippen LogP contribution in [-0.4, -0.2) is 40.2 Å². The first kappa shape index (κ1) is 29.0. The van der Waals surface area contributed by atoms with E-state index in [1.807, 2.05) is 6.92 Å². The smallest absolute Gasteiger partial charge is 0.301 e. The van der Waals surface area contributed by atoms with Crippen molar-refractivity contribution in [2.24, 2.45) is 0 Å². The third kappa shape index (κ3) is 6.07. The lowest BCUT2D eigenvalue weighted by molar-refractivity contribution is -0.132. The topological polar surface area (TPSA) is 102 Å². The standard InChI is InChI=1S/C31H26FN3O5S2/c1-3-17-40-23-13-9-19(10-14-23)26-25(27(36)20-11-15-22(16-12-20)39-4-2)28(37)29(38)35(26)30-33-34-31(42-30)41-18-21-7-5-6-8-24(21)32/h3,5-16,26,36H,1,4,17-18H2,2H3/b27-25-. The number of halogens is 1. The molecule has 1 aromatic heterocycles. The SMILES string of the molecule is C=CCOc1ccc(C2/C(=C(/O)c3ccc(OCC)cc3)C(=O)C(=O)N2c2nnc(SCc3ccccc3F)s2)cc1. The zero-order chi connectivity index (χ0) is 29.6. The van der Waals surface area contributed by atoms with Gasteiger partial charge < -0.3 is 14.6 Å². The first-order valence-corrected chi connectivity index (χ1v) is 14.8. The van der Waals surface area contributed by atoms with Crippen LogP contribution in [0.5, 0.6) is 11.5 Å². The van der Waals surface area contributed by atoms with Gasteiger partial charge in [0.25, 0.3) is 5.78 Å². The quantitative estimate of drug-likeness (QED) is 0.0514. The Hall–Kier alpha value is -4.48. The molecule has 1 aliphatic rings. The normalized spacial score (nSPS) is 16.0. The Morgan fingerprint density at radius 3 is 2.43 bits per heavy atom. The fourth-order valence-electron chi connectivity index (χ4n) is 4.39. The highest BCUT2D eigenvalue weighted by atomic mass is 32.2. The Morgan fingerprint density at radius 2 is 1.74 bits per heavy atom. The van der Waals surface area contributed by atoms with E-state index < -0.39 is 17.7 Å². The molecule has 42 heavy (non-hydrogen) atoms. The van der Waals surface area contributed by atoms with Crippen molar-refractivity contribution in [3.8, 4) is 11.5 Å². The van der Waals surface area contributed by atoms with Gasteiger partial charge >= 0.3 is 5.91 Å². The fraction of sp³-hybridized carbons (Fsp3) is 0.161. The average molecular weight is 604 g/mol. The van der Waals surface area contributed by atoms with Crippen LogP contribution in [0.2, 0.25) is 0 Å². The Kier molecular flexibility index (Phi) is 8.99. The van der Waals surface area contributed by atoms with Crippen molar-refractivity contribution in [1.82, 2.24) is 10.2 Å². The molecule has 1 N–H and O–H groups in total. The van der Waals surface area contributed by atoms with Gasteiger partial charge in [0, 0.05) is 11.3 Å². The molecule has 0 radical (unpaired) electrons. The number of amides is 1. The first-order valence-electron chi connectivity index (χ1n) is 13.0. The monoisotopic (exact) mass is 603 g/mol. The van der Waals surface area contributed by atoms with E-state index in [4.69, 9.17) is 9.47 Å². The number of thioether (sulfide) groups is 1. The number of nitrogens with zero attached hydrogens (tertiary/aromatic N) is 3. The third-order valence-corrected chi connectivity index (χ3v) is 8.46. The minimum atomic E-state index is -0.984. The molecule has 1 aliphatic heterocycles.